The number of fused-ring (bicyclic) bond motifs is 7. The van der Waals surface area contributed by atoms with E-state index in [1.165, 1.54) is 27.0 Å². The van der Waals surface area contributed by atoms with Gasteiger partial charge in [-0.15, -0.1) is 0 Å². The highest BCUT2D eigenvalue weighted by atomic mass is 16.6. The molecule has 0 unspecified atom stereocenters. The van der Waals surface area contributed by atoms with E-state index in [0.717, 1.165) is 17.6 Å². The average Bonchev–Trinajstić information content (AvgIpc) is 4.06. The highest BCUT2D eigenvalue weighted by molar-refractivity contribution is 6.09. The average molecular weight is 749 g/mol. The summed E-state index contributed by atoms with van der Waals surface area (Å²) in [5.74, 6) is -7.41. The summed E-state index contributed by atoms with van der Waals surface area (Å²) >= 11 is 0. The van der Waals surface area contributed by atoms with E-state index in [1.54, 1.807) is 0 Å². The number of Topliss-reactive ketones (excluding diaryl/α,β-unsaturated/α-hetero) is 1. The molecule has 54 heavy (non-hydrogen) atoms. The molecule has 2 bridgehead atoms. The van der Waals surface area contributed by atoms with Crippen LogP contribution in [0.4, 0.5) is 0 Å². The smallest absolute Gasteiger partial charge is 0.338 e. The van der Waals surface area contributed by atoms with Gasteiger partial charge in [-0.3, -0.25) is 9.59 Å². The second-order valence-electron chi connectivity index (χ2n) is 17.3. The fourth-order valence-electron chi connectivity index (χ4n) is 12.8. The van der Waals surface area contributed by atoms with Gasteiger partial charge in [-0.1, -0.05) is 19.4 Å². The van der Waals surface area contributed by atoms with Crippen LogP contribution in [0.1, 0.15) is 59.8 Å². The molecule has 9 aliphatic rings. The van der Waals surface area contributed by atoms with Crippen molar-refractivity contribution in [1.29, 1.82) is 0 Å². The number of aliphatic hydroxyl groups is 3. The van der Waals surface area contributed by atoms with Crippen molar-refractivity contribution >= 4 is 35.6 Å². The van der Waals surface area contributed by atoms with Crippen LogP contribution in [0.5, 0.6) is 0 Å². The largest absolute Gasteiger partial charge is 0.466 e. The van der Waals surface area contributed by atoms with Gasteiger partial charge in [0.2, 0.25) is 0 Å². The maximum absolute atomic E-state index is 14.6. The van der Waals surface area contributed by atoms with Crippen molar-refractivity contribution in [2.75, 3.05) is 26.9 Å². The Morgan fingerprint density at radius 3 is 2.39 bits per heavy atom. The van der Waals surface area contributed by atoms with Gasteiger partial charge < -0.3 is 39.0 Å². The molecule has 288 valence electrons. The summed E-state index contributed by atoms with van der Waals surface area (Å²) in [4.78, 5) is 81.7. The lowest BCUT2D eigenvalue weighted by Gasteiger charge is -2.63. The zero-order chi connectivity index (χ0) is 38.6. The van der Waals surface area contributed by atoms with Gasteiger partial charge in [-0.05, 0) is 79.9 Å². The molecular weight excluding hydrogens is 704 g/mol. The number of esters is 5. The van der Waals surface area contributed by atoms with E-state index in [4.69, 9.17) is 23.7 Å². The Labute approximate surface area is 310 Å². The Hall–Kier alpha value is -4.14. The van der Waals surface area contributed by atoms with E-state index in [-0.39, 0.29) is 59.0 Å². The number of carbonyl (C=O) groups excluding carboxylic acids is 6. The summed E-state index contributed by atoms with van der Waals surface area (Å²) in [6, 6.07) is 0. The van der Waals surface area contributed by atoms with Gasteiger partial charge in [0.1, 0.15) is 30.5 Å². The van der Waals surface area contributed by atoms with Crippen molar-refractivity contribution in [2.45, 2.75) is 83.2 Å². The number of aliphatic hydroxyl groups excluding tert-OH is 3. The second kappa shape index (κ2) is 11.2. The van der Waals surface area contributed by atoms with Gasteiger partial charge in [0.25, 0.3) is 0 Å². The topological polar surface area (TPSA) is 209 Å². The molecule has 14 heteroatoms. The van der Waals surface area contributed by atoms with Crippen molar-refractivity contribution in [3.05, 3.63) is 45.1 Å². The van der Waals surface area contributed by atoms with Crippen LogP contribution >= 0.6 is 0 Å². The van der Waals surface area contributed by atoms with Crippen LogP contribution in [0, 0.1) is 52.3 Å². The molecular formula is C40H44O14. The molecule has 2 heterocycles. The first kappa shape index (κ1) is 35.6. The third-order valence-corrected chi connectivity index (χ3v) is 15.4. The summed E-state index contributed by atoms with van der Waals surface area (Å²) in [6.45, 7) is 5.44. The number of hydrogen-bond donors (Lipinski definition) is 3. The molecule has 5 saturated carbocycles. The Bertz CT molecular complexity index is 2000. The summed E-state index contributed by atoms with van der Waals surface area (Å²) in [7, 11) is 1.20. The summed E-state index contributed by atoms with van der Waals surface area (Å²) in [5.41, 5.74) is -2.31. The van der Waals surface area contributed by atoms with Crippen LogP contribution in [-0.4, -0.2) is 101 Å². The van der Waals surface area contributed by atoms with Crippen LogP contribution in [0.2, 0.25) is 0 Å². The SMILES string of the molecule is COC(=O)/C(C)=C1\C(=O)[C@H](O)[C@]2(C)C3=C(C[C@@H]4[C@]5(OC(=O)C6=C5C[C@H]5[C@@](CO)(OC(=O)/C(C)=C/COC(=O)[C@H](O)CC(=O)OC6)[C@H]6C[C@H]6[C@]45C)[C@H]31)[C@H]1C[C@H]12. The van der Waals surface area contributed by atoms with Crippen LogP contribution in [0.15, 0.2) is 45.1 Å². The fourth-order valence-corrected chi connectivity index (χ4v) is 12.8. The third kappa shape index (κ3) is 4.11. The minimum atomic E-state index is -1.89. The number of ketones is 1. The van der Waals surface area contributed by atoms with Gasteiger partial charge in [-0.25, -0.2) is 19.2 Å². The van der Waals surface area contributed by atoms with Gasteiger partial charge >= 0.3 is 29.8 Å². The monoisotopic (exact) mass is 748 g/mol. The van der Waals surface area contributed by atoms with Crippen molar-refractivity contribution in [2.24, 2.45) is 52.3 Å². The Kier molecular flexibility index (Phi) is 7.39. The van der Waals surface area contributed by atoms with Crippen LogP contribution in [0.25, 0.3) is 0 Å². The van der Waals surface area contributed by atoms with Crippen LogP contribution in [-0.2, 0) is 52.5 Å². The number of hydrogen-bond acceptors (Lipinski definition) is 14. The zero-order valence-electron chi connectivity index (χ0n) is 30.8. The first-order chi connectivity index (χ1) is 25.5. The molecule has 7 aliphatic carbocycles. The molecule has 0 aromatic heterocycles. The standard InChI is InChI=1S/C40H44O14/c1-15-6-7-51-36(49)24(42)12-27(43)52-13-19-21-11-25-37(3,22-10-23(22)39(25,14-41)53-33(15)46)26-9-18-17-8-20(17)38(4)29(18)30(40(21,26)54-35(19)48)28(31(44)32(38)45)16(2)34(47)50-5/h6,17,20,22-26,30,32,41-42,45H,7-14H2,1-5H3/b15-6+,28-16-/t17-,20-,22-,23+,24-,25-,26+,30+,32+,37+,38+,39+,40+/m1/s1. The van der Waals surface area contributed by atoms with Gasteiger partial charge in [0.15, 0.2) is 11.9 Å². The summed E-state index contributed by atoms with van der Waals surface area (Å²) < 4.78 is 28.8. The third-order valence-electron chi connectivity index (χ3n) is 15.4. The Morgan fingerprint density at radius 2 is 1.69 bits per heavy atom. The molecule has 5 fully saturated rings. The first-order valence-corrected chi connectivity index (χ1v) is 18.8. The van der Waals surface area contributed by atoms with E-state index in [0.29, 0.717) is 18.4 Å². The quantitative estimate of drug-likeness (QED) is 0.158. The highest BCUT2D eigenvalue weighted by Crippen LogP contribution is 2.83. The normalized spacial score (nSPS) is 47.8. The van der Waals surface area contributed by atoms with Crippen molar-refractivity contribution in [3.8, 4) is 0 Å². The lowest BCUT2D eigenvalue weighted by atomic mass is 9.42. The molecule has 0 saturated heterocycles. The molecule has 13 atom stereocenters. The predicted molar refractivity (Wildman–Crippen MR) is 180 cm³/mol. The van der Waals surface area contributed by atoms with E-state index < -0.39 is 107 Å². The van der Waals surface area contributed by atoms with Crippen molar-refractivity contribution in [1.82, 2.24) is 0 Å². The maximum Gasteiger partial charge on any atom is 0.338 e. The van der Waals surface area contributed by atoms with Crippen molar-refractivity contribution in [3.63, 3.8) is 0 Å². The van der Waals surface area contributed by atoms with Crippen LogP contribution in [0.3, 0.4) is 0 Å². The second-order valence-corrected chi connectivity index (χ2v) is 17.3. The highest BCUT2D eigenvalue weighted by Gasteiger charge is 2.85. The minimum Gasteiger partial charge on any atom is -0.466 e. The Morgan fingerprint density at radius 1 is 0.944 bits per heavy atom. The molecule has 0 aromatic rings. The summed E-state index contributed by atoms with van der Waals surface area (Å²) in [5, 5.41) is 33.6. The van der Waals surface area contributed by atoms with Gasteiger partial charge in [0, 0.05) is 39.9 Å². The summed E-state index contributed by atoms with van der Waals surface area (Å²) in [6.07, 6.45) is -0.895. The number of allylic oxidation sites excluding steroid dienone is 1. The number of methoxy groups -OCH3 is 1. The molecule has 0 amide bonds. The predicted octanol–water partition coefficient (Wildman–Crippen LogP) is 1.35. The van der Waals surface area contributed by atoms with E-state index in [9.17, 15) is 44.1 Å². The maximum atomic E-state index is 14.6. The van der Waals surface area contributed by atoms with Gasteiger partial charge in [0.05, 0.1) is 31.6 Å². The molecule has 0 radical (unpaired) electrons. The zero-order valence-corrected chi connectivity index (χ0v) is 30.8. The number of ether oxygens (including phenoxy) is 5. The van der Waals surface area contributed by atoms with E-state index >= 15 is 0 Å². The van der Waals surface area contributed by atoms with Gasteiger partial charge in [-0.2, -0.15) is 0 Å². The Balaban J connectivity index is 1.30. The minimum absolute atomic E-state index is 0.00542. The molecule has 1 spiro atoms. The van der Waals surface area contributed by atoms with E-state index in [1.807, 2.05) is 6.92 Å². The van der Waals surface area contributed by atoms with Crippen molar-refractivity contribution < 1.29 is 67.8 Å². The molecule has 2 aliphatic heterocycles. The van der Waals surface area contributed by atoms with E-state index in [2.05, 4.69) is 6.92 Å². The molecule has 14 nitrogen and oxygen atoms in total. The number of carbonyl (C=O) groups is 6. The number of cyclic esters (lactones) is 2. The number of rotatable bonds is 2. The lowest BCUT2D eigenvalue weighted by Crippen LogP contribution is -2.67. The fraction of sp³-hybridized carbons (Fsp3) is 0.650. The molecule has 0 aromatic carbocycles. The van der Waals surface area contributed by atoms with Crippen LogP contribution < -0.4 is 0 Å². The molecule has 9 rings (SSSR count). The molecule has 3 N–H and O–H groups in total. The first-order valence-electron chi connectivity index (χ1n) is 18.8. The lowest BCUT2D eigenvalue weighted by molar-refractivity contribution is -0.198.